The molecule has 1 amide bonds. The van der Waals surface area contributed by atoms with Crippen LogP contribution in [0.2, 0.25) is 0 Å². The van der Waals surface area contributed by atoms with Crippen LogP contribution in [-0.2, 0) is 9.53 Å². The number of hydrogen-bond donors (Lipinski definition) is 3. The number of amides is 1. The summed E-state index contributed by atoms with van der Waals surface area (Å²) in [5.41, 5.74) is 6.46. The molecule has 2 aromatic heterocycles. The maximum Gasteiger partial charge on any atom is 0.239 e. The highest BCUT2D eigenvalue weighted by molar-refractivity contribution is 7.19. The molecule has 2 fully saturated rings. The first kappa shape index (κ1) is 24.7. The summed E-state index contributed by atoms with van der Waals surface area (Å²) < 4.78 is 5.43. The molecule has 0 spiro atoms. The monoisotopic (exact) mass is 522 g/mol. The highest BCUT2D eigenvalue weighted by Crippen LogP contribution is 2.45. The Kier molecular flexibility index (Phi) is 6.41. The van der Waals surface area contributed by atoms with Crippen molar-refractivity contribution in [3.8, 4) is 0 Å². The van der Waals surface area contributed by atoms with Crippen LogP contribution in [-0.4, -0.2) is 72.2 Å². The molecular formula is C28H38N6O2S. The first-order valence-electron chi connectivity index (χ1n) is 13.5. The summed E-state index contributed by atoms with van der Waals surface area (Å²) in [4.78, 5) is 21.7. The molecule has 1 unspecified atom stereocenters. The summed E-state index contributed by atoms with van der Waals surface area (Å²) >= 11 is 1.91. The second-order valence-electron chi connectivity index (χ2n) is 11.2. The molecule has 0 aliphatic carbocycles. The smallest absolute Gasteiger partial charge is 0.239 e. The first-order valence-corrected chi connectivity index (χ1v) is 14.3. The lowest BCUT2D eigenvalue weighted by Gasteiger charge is -2.33. The number of thiophene rings is 1. The van der Waals surface area contributed by atoms with Crippen molar-refractivity contribution in [2.24, 2.45) is 5.10 Å². The van der Waals surface area contributed by atoms with Crippen LogP contribution in [0, 0.1) is 6.92 Å². The zero-order valence-corrected chi connectivity index (χ0v) is 23.2. The molecule has 2 aromatic rings. The number of nitrogens with zero attached hydrogens (tertiary/aromatic N) is 3. The minimum atomic E-state index is -0.0979. The minimum absolute atomic E-state index is 0.0979. The molecule has 6 heterocycles. The Hall–Kier alpha value is -2.62. The average Bonchev–Trinajstić information content (AvgIpc) is 3.67. The Morgan fingerprint density at radius 3 is 2.73 bits per heavy atom. The number of carbonyl (C=O) groups is 1. The maximum atomic E-state index is 13.1. The van der Waals surface area contributed by atoms with Gasteiger partial charge in [-0.25, -0.2) is 5.01 Å². The van der Waals surface area contributed by atoms with Gasteiger partial charge in [-0.1, -0.05) is 13.8 Å². The van der Waals surface area contributed by atoms with Gasteiger partial charge in [-0.2, -0.15) is 5.10 Å². The Morgan fingerprint density at radius 2 is 2.03 bits per heavy atom. The van der Waals surface area contributed by atoms with Crippen molar-refractivity contribution in [2.75, 3.05) is 26.7 Å². The molecule has 6 rings (SSSR count). The Labute approximate surface area is 222 Å². The molecule has 0 saturated carbocycles. The summed E-state index contributed by atoms with van der Waals surface area (Å²) in [6.45, 7) is 11.5. The van der Waals surface area contributed by atoms with Crippen LogP contribution in [0.4, 0.5) is 0 Å². The van der Waals surface area contributed by atoms with Crippen molar-refractivity contribution in [3.05, 3.63) is 39.5 Å². The van der Waals surface area contributed by atoms with E-state index in [2.05, 4.69) is 65.6 Å². The number of carbonyl (C=O) groups excluding carboxylic acids is 1. The molecule has 4 aliphatic rings. The molecule has 0 aromatic carbocycles. The lowest BCUT2D eigenvalue weighted by Crippen LogP contribution is -2.46. The van der Waals surface area contributed by atoms with Crippen LogP contribution >= 0.6 is 11.3 Å². The lowest BCUT2D eigenvalue weighted by atomic mass is 9.89. The van der Waals surface area contributed by atoms with Crippen molar-refractivity contribution < 1.29 is 9.53 Å². The van der Waals surface area contributed by atoms with E-state index in [-0.39, 0.29) is 24.2 Å². The van der Waals surface area contributed by atoms with Gasteiger partial charge in [-0.05, 0) is 67.7 Å². The molecule has 37 heavy (non-hydrogen) atoms. The van der Waals surface area contributed by atoms with E-state index in [4.69, 9.17) is 4.74 Å². The summed E-state index contributed by atoms with van der Waals surface area (Å²) in [6, 6.07) is -0.0979. The summed E-state index contributed by atoms with van der Waals surface area (Å²) in [5, 5.41) is 14.5. The first-order chi connectivity index (χ1) is 17.9. The number of aryl methyl sites for hydroxylation is 1. The standard InChI is InChI=1S/C28H38N6O2S/c1-15(2)22-23-17(4)25(18-6-8-33(9-7-18)28(35)21-11-20(36-5)12-29-21)37-27(23)32-24(22)19-10-16(3)26-30-14-31-34(26)13-19/h10,13-15,18,20-21,26,29,32H,6-9,11-12H2,1-5H3,(H,30,31)/t20-,21-,26?/m1/s1. The fourth-order valence-electron chi connectivity index (χ4n) is 6.50. The molecular weight excluding hydrogens is 484 g/mol. The van der Waals surface area contributed by atoms with Crippen LogP contribution < -0.4 is 10.6 Å². The number of ether oxygens (including phenoxy) is 1. The lowest BCUT2D eigenvalue weighted by molar-refractivity contribution is -0.134. The van der Waals surface area contributed by atoms with Gasteiger partial charge in [-0.15, -0.1) is 11.3 Å². The van der Waals surface area contributed by atoms with Crippen LogP contribution in [0.5, 0.6) is 0 Å². The van der Waals surface area contributed by atoms with Crippen molar-refractivity contribution in [2.45, 2.75) is 77.1 Å². The molecule has 3 N–H and O–H groups in total. The molecule has 198 valence electrons. The second-order valence-corrected chi connectivity index (χ2v) is 12.2. The van der Waals surface area contributed by atoms with E-state index in [0.29, 0.717) is 11.8 Å². The number of hydrogen-bond acceptors (Lipinski definition) is 7. The Morgan fingerprint density at radius 1 is 1.24 bits per heavy atom. The number of aromatic amines is 1. The number of allylic oxidation sites excluding steroid dienone is 2. The summed E-state index contributed by atoms with van der Waals surface area (Å²) in [6.07, 6.45) is 9.29. The molecule has 0 bridgehead atoms. The number of H-pyrrole nitrogens is 1. The number of methoxy groups -OCH3 is 1. The topological polar surface area (TPSA) is 85.0 Å². The van der Waals surface area contributed by atoms with E-state index in [9.17, 15) is 4.79 Å². The van der Waals surface area contributed by atoms with Crippen molar-refractivity contribution in [3.63, 3.8) is 0 Å². The number of aromatic nitrogens is 1. The third-order valence-electron chi connectivity index (χ3n) is 8.50. The highest BCUT2D eigenvalue weighted by atomic mass is 32.1. The molecule has 0 radical (unpaired) electrons. The number of piperidine rings is 1. The van der Waals surface area contributed by atoms with Gasteiger partial charge in [-0.3, -0.25) is 4.79 Å². The van der Waals surface area contributed by atoms with Crippen LogP contribution in [0.15, 0.2) is 23.0 Å². The molecule has 3 atom stereocenters. The van der Waals surface area contributed by atoms with Gasteiger partial charge in [0.15, 0.2) is 0 Å². The van der Waals surface area contributed by atoms with E-state index < -0.39 is 0 Å². The van der Waals surface area contributed by atoms with Crippen molar-refractivity contribution in [1.29, 1.82) is 0 Å². The highest BCUT2D eigenvalue weighted by Gasteiger charge is 2.35. The fraction of sp³-hybridized carbons (Fsp3) is 0.571. The number of fused-ring (bicyclic) bond motifs is 2. The van der Waals surface area contributed by atoms with E-state index in [0.717, 1.165) is 38.9 Å². The van der Waals surface area contributed by atoms with Crippen LogP contribution in [0.3, 0.4) is 0 Å². The molecule has 8 nitrogen and oxygen atoms in total. The zero-order valence-electron chi connectivity index (χ0n) is 22.4. The number of likely N-dealkylation sites (tertiary alicyclic amines) is 1. The van der Waals surface area contributed by atoms with E-state index in [1.807, 2.05) is 16.3 Å². The predicted octanol–water partition coefficient (Wildman–Crippen LogP) is 4.22. The summed E-state index contributed by atoms with van der Waals surface area (Å²) in [7, 11) is 1.72. The van der Waals surface area contributed by atoms with Crippen molar-refractivity contribution in [1.82, 2.24) is 25.5 Å². The van der Waals surface area contributed by atoms with Gasteiger partial charge in [0.2, 0.25) is 5.91 Å². The predicted molar refractivity (Wildman–Crippen MR) is 150 cm³/mol. The Bertz CT molecular complexity index is 1300. The SMILES string of the molecule is CO[C@H]1CN[C@@H](C(=O)N2CCC(c3sc4[nH]c(C5=CN6N=CNC6C(C)=C5)c(C(C)C)c4c3C)CC2)C1. The van der Waals surface area contributed by atoms with Gasteiger partial charge in [0.05, 0.1) is 17.8 Å². The van der Waals surface area contributed by atoms with Crippen LogP contribution in [0.1, 0.15) is 73.6 Å². The van der Waals surface area contributed by atoms with Gasteiger partial charge in [0, 0.05) is 48.8 Å². The average molecular weight is 523 g/mol. The van der Waals surface area contributed by atoms with E-state index in [1.165, 1.54) is 43.1 Å². The van der Waals surface area contributed by atoms with Gasteiger partial charge < -0.3 is 25.3 Å². The molecule has 2 saturated heterocycles. The Balaban J connectivity index is 1.23. The van der Waals surface area contributed by atoms with Gasteiger partial charge in [0.25, 0.3) is 0 Å². The van der Waals surface area contributed by atoms with Crippen molar-refractivity contribution >= 4 is 39.4 Å². The number of rotatable bonds is 5. The molecule has 9 heteroatoms. The van der Waals surface area contributed by atoms with Gasteiger partial charge in [0.1, 0.15) is 17.3 Å². The summed E-state index contributed by atoms with van der Waals surface area (Å²) in [5.74, 6) is 1.14. The number of nitrogens with one attached hydrogen (secondary N) is 3. The second kappa shape index (κ2) is 9.60. The zero-order chi connectivity index (χ0) is 25.8. The third kappa shape index (κ3) is 4.21. The normalized spacial score (nSPS) is 26.2. The van der Waals surface area contributed by atoms with Gasteiger partial charge >= 0.3 is 0 Å². The molecule has 4 aliphatic heterocycles. The van der Waals surface area contributed by atoms with Crippen LogP contribution in [0.25, 0.3) is 15.8 Å². The van der Waals surface area contributed by atoms with E-state index in [1.54, 1.807) is 13.4 Å². The maximum absolute atomic E-state index is 13.1. The third-order valence-corrected chi connectivity index (χ3v) is 9.87. The largest absolute Gasteiger partial charge is 0.380 e. The quantitative estimate of drug-likeness (QED) is 0.548. The fourth-order valence-corrected chi connectivity index (χ4v) is 7.90. The number of hydrazone groups is 1. The van der Waals surface area contributed by atoms with E-state index >= 15 is 0 Å². The minimum Gasteiger partial charge on any atom is -0.380 e.